The van der Waals surface area contributed by atoms with Crippen LogP contribution in [0.25, 0.3) is 5.65 Å². The number of aromatic nitrogens is 3. The molecule has 0 unspecified atom stereocenters. The Morgan fingerprint density at radius 3 is 2.86 bits per heavy atom. The summed E-state index contributed by atoms with van der Waals surface area (Å²) in [4.78, 5) is 3.89. The summed E-state index contributed by atoms with van der Waals surface area (Å²) in [7, 11) is -3.76. The fourth-order valence-electron chi connectivity index (χ4n) is 1.31. The van der Waals surface area contributed by atoms with E-state index in [0.717, 1.165) is 0 Å². The molecule has 0 radical (unpaired) electrons. The second-order valence-corrected chi connectivity index (χ2v) is 4.35. The van der Waals surface area contributed by atoms with Crippen LogP contribution in [0.2, 0.25) is 0 Å². The Balaban J connectivity index is 2.95. The molecule has 2 N–H and O–H groups in total. The van der Waals surface area contributed by atoms with Gasteiger partial charge in [0.25, 0.3) is 0 Å². The zero-order valence-corrected chi connectivity index (χ0v) is 8.19. The molecule has 2 rings (SSSR count). The van der Waals surface area contributed by atoms with E-state index in [4.69, 9.17) is 5.14 Å². The van der Waals surface area contributed by atoms with Gasteiger partial charge >= 0.3 is 0 Å². The minimum Gasteiger partial charge on any atom is -0.236 e. The monoisotopic (exact) mass is 212 g/mol. The molecule has 0 aliphatic carbocycles. The Kier molecular flexibility index (Phi) is 1.79. The van der Waals surface area contributed by atoms with Crippen LogP contribution in [0.15, 0.2) is 23.4 Å². The lowest BCUT2D eigenvalue weighted by Crippen LogP contribution is -2.13. The third-order valence-electron chi connectivity index (χ3n) is 1.80. The van der Waals surface area contributed by atoms with E-state index >= 15 is 0 Å². The second-order valence-electron chi connectivity index (χ2n) is 2.85. The maximum absolute atomic E-state index is 11.2. The fourth-order valence-corrected chi connectivity index (χ4v) is 2.16. The third-order valence-corrected chi connectivity index (χ3v) is 2.85. The molecule has 0 bridgehead atoms. The number of sulfonamides is 1. The summed E-state index contributed by atoms with van der Waals surface area (Å²) >= 11 is 0. The molecule has 0 saturated heterocycles. The van der Waals surface area contributed by atoms with Crippen molar-refractivity contribution < 1.29 is 8.42 Å². The molecule has 74 valence electrons. The Bertz CT molecular complexity index is 587. The Morgan fingerprint density at radius 1 is 1.50 bits per heavy atom. The van der Waals surface area contributed by atoms with Crippen molar-refractivity contribution in [2.45, 2.75) is 11.8 Å². The standard InChI is InChI=1S/C7H8N4O2S/c1-5-6(14(8,12)13)7-9-3-2-4-11(7)10-5/h2-4H,1H3,(H2,8,12,13). The van der Waals surface area contributed by atoms with E-state index in [1.54, 1.807) is 19.2 Å². The molecular weight excluding hydrogens is 204 g/mol. The van der Waals surface area contributed by atoms with E-state index < -0.39 is 10.0 Å². The van der Waals surface area contributed by atoms with Gasteiger partial charge in [0, 0.05) is 12.4 Å². The highest BCUT2D eigenvalue weighted by Crippen LogP contribution is 2.16. The highest BCUT2D eigenvalue weighted by molar-refractivity contribution is 7.89. The van der Waals surface area contributed by atoms with E-state index in [1.807, 2.05) is 0 Å². The molecule has 0 atom stereocenters. The van der Waals surface area contributed by atoms with Gasteiger partial charge in [0.15, 0.2) is 5.65 Å². The average Bonchev–Trinajstić information content (AvgIpc) is 2.38. The molecule has 2 aromatic rings. The van der Waals surface area contributed by atoms with Crippen molar-refractivity contribution in [2.75, 3.05) is 0 Å². The third kappa shape index (κ3) is 1.26. The van der Waals surface area contributed by atoms with Gasteiger partial charge in [-0.2, -0.15) is 5.10 Å². The fraction of sp³-hybridized carbons (Fsp3) is 0.143. The van der Waals surface area contributed by atoms with Gasteiger partial charge in [0.05, 0.1) is 5.69 Å². The molecule has 0 amide bonds. The van der Waals surface area contributed by atoms with Gasteiger partial charge in [0.2, 0.25) is 10.0 Å². The lowest BCUT2D eigenvalue weighted by molar-refractivity contribution is 0.598. The van der Waals surface area contributed by atoms with E-state index in [9.17, 15) is 8.42 Å². The van der Waals surface area contributed by atoms with Crippen molar-refractivity contribution in [1.29, 1.82) is 0 Å². The molecule has 0 aliphatic heterocycles. The van der Waals surface area contributed by atoms with Crippen LogP contribution >= 0.6 is 0 Å². The normalized spacial score (nSPS) is 12.1. The summed E-state index contributed by atoms with van der Waals surface area (Å²) in [6.45, 7) is 1.58. The van der Waals surface area contributed by atoms with Gasteiger partial charge in [-0.15, -0.1) is 0 Å². The summed E-state index contributed by atoms with van der Waals surface area (Å²) in [5.41, 5.74) is 0.610. The van der Waals surface area contributed by atoms with E-state index in [-0.39, 0.29) is 10.5 Å². The maximum Gasteiger partial charge on any atom is 0.243 e. The zero-order valence-electron chi connectivity index (χ0n) is 7.38. The van der Waals surface area contributed by atoms with Crippen molar-refractivity contribution in [1.82, 2.24) is 14.6 Å². The first-order valence-electron chi connectivity index (χ1n) is 3.83. The molecule has 0 spiro atoms. The molecule has 6 nitrogen and oxygen atoms in total. The van der Waals surface area contributed by atoms with Crippen LogP contribution < -0.4 is 5.14 Å². The first-order valence-corrected chi connectivity index (χ1v) is 5.37. The summed E-state index contributed by atoms with van der Waals surface area (Å²) in [6, 6.07) is 1.66. The lowest BCUT2D eigenvalue weighted by Gasteiger charge is -1.94. The molecule has 0 aromatic carbocycles. The van der Waals surface area contributed by atoms with Crippen molar-refractivity contribution >= 4 is 15.7 Å². The maximum atomic E-state index is 11.2. The molecular formula is C7H8N4O2S. The van der Waals surface area contributed by atoms with Crippen LogP contribution in [-0.4, -0.2) is 23.0 Å². The van der Waals surface area contributed by atoms with E-state index in [0.29, 0.717) is 5.69 Å². The molecule has 2 aromatic heterocycles. The van der Waals surface area contributed by atoms with Crippen LogP contribution in [-0.2, 0) is 10.0 Å². The summed E-state index contributed by atoms with van der Waals surface area (Å²) < 4.78 is 23.8. The lowest BCUT2D eigenvalue weighted by atomic mass is 10.5. The summed E-state index contributed by atoms with van der Waals surface area (Å²) in [5.74, 6) is 0. The van der Waals surface area contributed by atoms with Crippen molar-refractivity contribution in [2.24, 2.45) is 5.14 Å². The molecule has 0 fully saturated rings. The van der Waals surface area contributed by atoms with Gasteiger partial charge in [0.1, 0.15) is 4.90 Å². The van der Waals surface area contributed by atoms with Crippen LogP contribution in [0.5, 0.6) is 0 Å². The topological polar surface area (TPSA) is 90.3 Å². The number of fused-ring (bicyclic) bond motifs is 1. The molecule has 7 heteroatoms. The molecule has 0 saturated carbocycles. The smallest absolute Gasteiger partial charge is 0.236 e. The minimum absolute atomic E-state index is 0.0156. The first-order chi connectivity index (χ1) is 6.50. The molecule has 2 heterocycles. The highest BCUT2D eigenvalue weighted by Gasteiger charge is 2.19. The minimum atomic E-state index is -3.76. The van der Waals surface area contributed by atoms with Gasteiger partial charge in [-0.25, -0.2) is 23.1 Å². The van der Waals surface area contributed by atoms with Crippen molar-refractivity contribution in [3.8, 4) is 0 Å². The molecule has 0 aliphatic rings. The van der Waals surface area contributed by atoms with Crippen molar-refractivity contribution in [3.63, 3.8) is 0 Å². The van der Waals surface area contributed by atoms with Crippen LogP contribution in [0.3, 0.4) is 0 Å². The number of hydrogen-bond donors (Lipinski definition) is 1. The highest BCUT2D eigenvalue weighted by atomic mass is 32.2. The van der Waals surface area contributed by atoms with E-state index in [1.165, 1.54) is 10.7 Å². The van der Waals surface area contributed by atoms with Gasteiger partial charge in [-0.05, 0) is 13.0 Å². The summed E-state index contributed by atoms with van der Waals surface area (Å²) in [5, 5.41) is 9.02. The predicted octanol–water partition coefficient (Wildman–Crippen LogP) is -0.315. The number of nitrogens with zero attached hydrogens (tertiary/aromatic N) is 3. The summed E-state index contributed by atoms with van der Waals surface area (Å²) in [6.07, 6.45) is 3.11. The zero-order chi connectivity index (χ0) is 10.3. The average molecular weight is 212 g/mol. The van der Waals surface area contributed by atoms with Crippen LogP contribution in [0, 0.1) is 6.92 Å². The van der Waals surface area contributed by atoms with E-state index in [2.05, 4.69) is 10.1 Å². The Labute approximate surface area is 80.4 Å². The quantitative estimate of drug-likeness (QED) is 0.701. The van der Waals surface area contributed by atoms with Gasteiger partial charge in [-0.1, -0.05) is 0 Å². The first kappa shape index (κ1) is 9.10. The SMILES string of the molecule is Cc1nn2cccnc2c1S(N)(=O)=O. The number of aryl methyl sites for hydroxylation is 1. The van der Waals surface area contributed by atoms with Gasteiger partial charge < -0.3 is 0 Å². The largest absolute Gasteiger partial charge is 0.243 e. The van der Waals surface area contributed by atoms with Gasteiger partial charge in [-0.3, -0.25) is 0 Å². The van der Waals surface area contributed by atoms with Crippen LogP contribution in [0.1, 0.15) is 5.69 Å². The van der Waals surface area contributed by atoms with Crippen molar-refractivity contribution in [3.05, 3.63) is 24.2 Å². The Hall–Kier alpha value is -1.47. The van der Waals surface area contributed by atoms with Crippen LogP contribution in [0.4, 0.5) is 0 Å². The second kappa shape index (κ2) is 2.76. The Morgan fingerprint density at radius 2 is 2.21 bits per heavy atom. The number of rotatable bonds is 1. The molecule has 14 heavy (non-hydrogen) atoms. The number of hydrogen-bond acceptors (Lipinski definition) is 4. The number of nitrogens with two attached hydrogens (primary N) is 1. The number of primary sulfonamides is 1. The predicted molar refractivity (Wildman–Crippen MR) is 49.1 cm³/mol.